The molecule has 0 heterocycles. The van der Waals surface area contributed by atoms with Crippen LogP contribution in [0.25, 0.3) is 0 Å². The van der Waals surface area contributed by atoms with E-state index in [1.807, 2.05) is 19.2 Å². The highest BCUT2D eigenvalue weighted by molar-refractivity contribution is 7.98. The highest BCUT2D eigenvalue weighted by Crippen LogP contribution is 2.33. The molecule has 0 fully saturated rings. The molecule has 0 unspecified atom stereocenters. The van der Waals surface area contributed by atoms with Crippen molar-refractivity contribution in [3.63, 3.8) is 0 Å². The minimum absolute atomic E-state index is 0.0864. The lowest BCUT2D eigenvalue weighted by Crippen LogP contribution is -2.28. The molecule has 0 spiro atoms. The highest BCUT2D eigenvalue weighted by Gasteiger charge is 2.23. The van der Waals surface area contributed by atoms with E-state index in [1.54, 1.807) is 45.2 Å². The largest absolute Gasteiger partial charge is 0.493 e. The lowest BCUT2D eigenvalue weighted by molar-refractivity contribution is -0.118. The fourth-order valence-electron chi connectivity index (χ4n) is 2.94. The molecule has 0 radical (unpaired) electrons. The van der Waals surface area contributed by atoms with Gasteiger partial charge in [0, 0.05) is 16.9 Å². The number of ether oxygens (including phenoxy) is 2. The molecule has 0 aliphatic rings. The number of benzene rings is 2. The Kier molecular flexibility index (Phi) is 8.79. The molecular formula is C22H30N2O5S2. The number of hydrogen-bond acceptors (Lipinski definition) is 6. The molecule has 0 bridgehead atoms. The Balaban J connectivity index is 2.36. The lowest BCUT2D eigenvalue weighted by Gasteiger charge is -2.20. The normalized spacial score (nSPS) is 12.5. The molecule has 2 aromatic rings. The summed E-state index contributed by atoms with van der Waals surface area (Å²) in [6, 6.07) is 9.60. The van der Waals surface area contributed by atoms with Gasteiger partial charge in [-0.2, -0.15) is 0 Å². The van der Waals surface area contributed by atoms with E-state index < -0.39 is 16.1 Å². The number of carbonyl (C=O) groups is 1. The van der Waals surface area contributed by atoms with Crippen molar-refractivity contribution in [2.24, 2.45) is 5.92 Å². The minimum atomic E-state index is -3.84. The van der Waals surface area contributed by atoms with Gasteiger partial charge in [0.25, 0.3) is 0 Å². The molecule has 9 heteroatoms. The van der Waals surface area contributed by atoms with Gasteiger partial charge in [0.05, 0.1) is 24.8 Å². The maximum atomic E-state index is 13.1. The molecule has 0 saturated heterocycles. The van der Waals surface area contributed by atoms with Gasteiger partial charge >= 0.3 is 0 Å². The van der Waals surface area contributed by atoms with E-state index >= 15 is 0 Å². The van der Waals surface area contributed by atoms with E-state index in [4.69, 9.17) is 9.47 Å². The highest BCUT2D eigenvalue weighted by atomic mass is 32.2. The smallest absolute Gasteiger partial charge is 0.241 e. The maximum Gasteiger partial charge on any atom is 0.241 e. The first-order chi connectivity index (χ1) is 14.7. The molecule has 7 nitrogen and oxygen atoms in total. The minimum Gasteiger partial charge on any atom is -0.493 e. The summed E-state index contributed by atoms with van der Waals surface area (Å²) in [7, 11) is -0.759. The van der Waals surface area contributed by atoms with Crippen LogP contribution in [0.3, 0.4) is 0 Å². The van der Waals surface area contributed by atoms with Gasteiger partial charge in [-0.15, -0.1) is 11.8 Å². The molecule has 1 amide bonds. The van der Waals surface area contributed by atoms with E-state index in [-0.39, 0.29) is 16.7 Å². The van der Waals surface area contributed by atoms with Crippen LogP contribution >= 0.6 is 11.8 Å². The molecule has 0 aromatic heterocycles. The van der Waals surface area contributed by atoms with Crippen molar-refractivity contribution in [2.45, 2.75) is 43.0 Å². The van der Waals surface area contributed by atoms with E-state index in [1.165, 1.54) is 24.9 Å². The Morgan fingerprint density at radius 1 is 1.06 bits per heavy atom. The molecule has 2 N–H and O–H groups in total. The summed E-state index contributed by atoms with van der Waals surface area (Å²) in [5.41, 5.74) is 1.24. The number of carbonyl (C=O) groups excluding carboxylic acids is 1. The molecule has 0 saturated carbocycles. The van der Waals surface area contributed by atoms with Gasteiger partial charge < -0.3 is 14.8 Å². The summed E-state index contributed by atoms with van der Waals surface area (Å²) in [6.45, 7) is 5.46. The predicted octanol–water partition coefficient (Wildman–Crippen LogP) is 4.45. The molecular weight excluding hydrogens is 436 g/mol. The van der Waals surface area contributed by atoms with Crippen molar-refractivity contribution >= 4 is 33.4 Å². The van der Waals surface area contributed by atoms with Crippen molar-refractivity contribution in [2.75, 3.05) is 25.8 Å². The van der Waals surface area contributed by atoms with Crippen LogP contribution in [0.4, 0.5) is 5.69 Å². The number of hydrogen-bond donors (Lipinski definition) is 2. The molecule has 1 atom stereocenters. The van der Waals surface area contributed by atoms with E-state index in [9.17, 15) is 13.2 Å². The summed E-state index contributed by atoms with van der Waals surface area (Å²) >= 11 is 1.44. The van der Waals surface area contributed by atoms with Crippen LogP contribution in [0.15, 0.2) is 46.2 Å². The van der Waals surface area contributed by atoms with Gasteiger partial charge in [0.2, 0.25) is 15.9 Å². The third-order valence-corrected chi connectivity index (χ3v) is 7.04. The fourth-order valence-corrected chi connectivity index (χ4v) is 4.81. The number of nitrogens with one attached hydrogen (secondary N) is 2. The fraction of sp³-hybridized carbons (Fsp3) is 0.409. The van der Waals surface area contributed by atoms with E-state index in [0.29, 0.717) is 23.6 Å². The van der Waals surface area contributed by atoms with Gasteiger partial charge in [-0.3, -0.25) is 4.79 Å². The third-order valence-electron chi connectivity index (χ3n) is 4.78. The van der Waals surface area contributed by atoms with Crippen molar-refractivity contribution in [3.05, 3.63) is 42.0 Å². The van der Waals surface area contributed by atoms with Crippen LogP contribution in [0, 0.1) is 5.92 Å². The zero-order valence-electron chi connectivity index (χ0n) is 18.7. The second-order valence-corrected chi connectivity index (χ2v) is 9.76. The standard InChI is InChI=1S/C22H30N2O5S2/c1-7-17(15-8-10-19(28-4)20(12-15)29-5)24-31(26,27)16-9-11-21(30-6)18(13-16)23-22(25)14(2)3/h8-14,17,24H,7H2,1-6H3,(H,23,25)/t17-/m1/s1. The zero-order valence-corrected chi connectivity index (χ0v) is 20.3. The number of thioether (sulfide) groups is 1. The predicted molar refractivity (Wildman–Crippen MR) is 125 cm³/mol. The molecule has 2 rings (SSSR count). The molecule has 31 heavy (non-hydrogen) atoms. The van der Waals surface area contributed by atoms with Gasteiger partial charge in [-0.1, -0.05) is 26.8 Å². The molecule has 170 valence electrons. The van der Waals surface area contributed by atoms with Gasteiger partial charge in [0.1, 0.15) is 0 Å². The molecule has 2 aromatic carbocycles. The SMILES string of the molecule is CC[C@@H](NS(=O)(=O)c1ccc(SC)c(NC(=O)C(C)C)c1)c1ccc(OC)c(OC)c1. The van der Waals surface area contributed by atoms with E-state index in [0.717, 1.165) is 10.5 Å². The number of amides is 1. The van der Waals surface area contributed by atoms with Crippen molar-refractivity contribution < 1.29 is 22.7 Å². The quantitative estimate of drug-likeness (QED) is 0.503. The first-order valence-corrected chi connectivity index (χ1v) is 12.6. The zero-order chi connectivity index (χ0) is 23.2. The second kappa shape index (κ2) is 10.9. The Labute approximate surface area is 189 Å². The van der Waals surface area contributed by atoms with Gasteiger partial charge in [-0.25, -0.2) is 13.1 Å². The third kappa shape index (κ3) is 6.15. The Morgan fingerprint density at radius 2 is 1.74 bits per heavy atom. The first kappa shape index (κ1) is 25.0. The molecule has 0 aliphatic carbocycles. The second-order valence-electron chi connectivity index (χ2n) is 7.20. The summed E-state index contributed by atoms with van der Waals surface area (Å²) in [5, 5.41) is 2.82. The summed E-state index contributed by atoms with van der Waals surface area (Å²) in [6.07, 6.45) is 2.41. The van der Waals surface area contributed by atoms with Crippen LogP contribution in [0.2, 0.25) is 0 Å². The Morgan fingerprint density at radius 3 is 2.29 bits per heavy atom. The van der Waals surface area contributed by atoms with Crippen LogP contribution in [-0.2, 0) is 14.8 Å². The maximum absolute atomic E-state index is 13.1. The van der Waals surface area contributed by atoms with Crippen molar-refractivity contribution in [1.29, 1.82) is 0 Å². The first-order valence-electron chi connectivity index (χ1n) is 9.89. The van der Waals surface area contributed by atoms with Crippen LogP contribution < -0.4 is 19.5 Å². The van der Waals surface area contributed by atoms with Crippen molar-refractivity contribution in [3.8, 4) is 11.5 Å². The van der Waals surface area contributed by atoms with Crippen LogP contribution in [0.5, 0.6) is 11.5 Å². The van der Waals surface area contributed by atoms with Gasteiger partial charge in [-0.05, 0) is 48.6 Å². The topological polar surface area (TPSA) is 93.7 Å². The Bertz CT molecular complexity index is 1020. The van der Waals surface area contributed by atoms with Crippen LogP contribution in [-0.4, -0.2) is 34.8 Å². The monoisotopic (exact) mass is 466 g/mol. The Hall–Kier alpha value is -2.23. The number of sulfonamides is 1. The average molecular weight is 467 g/mol. The van der Waals surface area contributed by atoms with Crippen LogP contribution in [0.1, 0.15) is 38.8 Å². The summed E-state index contributed by atoms with van der Waals surface area (Å²) in [5.74, 6) is 0.708. The lowest BCUT2D eigenvalue weighted by atomic mass is 10.1. The number of rotatable bonds is 10. The van der Waals surface area contributed by atoms with E-state index in [2.05, 4.69) is 10.0 Å². The van der Waals surface area contributed by atoms with Gasteiger partial charge in [0.15, 0.2) is 11.5 Å². The number of anilines is 1. The average Bonchev–Trinajstić information content (AvgIpc) is 2.76. The number of methoxy groups -OCH3 is 2. The molecule has 0 aliphatic heterocycles. The summed E-state index contributed by atoms with van der Waals surface area (Å²) in [4.78, 5) is 13.0. The summed E-state index contributed by atoms with van der Waals surface area (Å²) < 4.78 is 39.6. The van der Waals surface area contributed by atoms with Crippen molar-refractivity contribution in [1.82, 2.24) is 4.72 Å².